The molecule has 0 heterocycles. The third-order valence-electron chi connectivity index (χ3n) is 2.32. The maximum Gasteiger partial charge on any atom is 0.242 e. The van der Waals surface area contributed by atoms with Crippen LogP contribution in [0.4, 0.5) is 0 Å². The zero-order valence-electron chi connectivity index (χ0n) is 8.52. The van der Waals surface area contributed by atoms with Gasteiger partial charge in [0, 0.05) is 6.04 Å². The van der Waals surface area contributed by atoms with Crippen LogP contribution in [0.2, 0.25) is 0 Å². The molecule has 0 unspecified atom stereocenters. The number of nitriles is 1. The Morgan fingerprint density at radius 1 is 1.67 bits per heavy atom. The van der Waals surface area contributed by atoms with Gasteiger partial charge in [-0.15, -0.1) is 0 Å². The number of nitrogens with two attached hydrogens (primary N) is 1. The standard InChI is InChI=1S/C8H13N3O3S/c1-5(2)11-7(12)8(4-9)3-6(8)15(10,13)14/h5-6H,3H2,1-2H3,(H,11,12)(H2,10,13,14)/t6-,8+/m1/s1. The van der Waals surface area contributed by atoms with Gasteiger partial charge in [-0.05, 0) is 20.3 Å². The monoisotopic (exact) mass is 231 g/mol. The zero-order chi connectivity index (χ0) is 11.9. The van der Waals surface area contributed by atoms with E-state index in [1.165, 1.54) is 0 Å². The molecule has 0 bridgehead atoms. The smallest absolute Gasteiger partial charge is 0.242 e. The Labute approximate surface area is 88.5 Å². The van der Waals surface area contributed by atoms with Gasteiger partial charge in [-0.3, -0.25) is 4.79 Å². The summed E-state index contributed by atoms with van der Waals surface area (Å²) in [6.45, 7) is 3.47. The van der Waals surface area contributed by atoms with E-state index < -0.39 is 26.6 Å². The quantitative estimate of drug-likeness (QED) is 0.654. The van der Waals surface area contributed by atoms with Crippen LogP contribution in [0.3, 0.4) is 0 Å². The molecular weight excluding hydrogens is 218 g/mol. The molecule has 15 heavy (non-hydrogen) atoms. The lowest BCUT2D eigenvalue weighted by Gasteiger charge is -2.11. The Morgan fingerprint density at radius 2 is 2.20 bits per heavy atom. The molecule has 1 saturated carbocycles. The van der Waals surface area contributed by atoms with Gasteiger partial charge in [0.1, 0.15) is 5.25 Å². The topological polar surface area (TPSA) is 113 Å². The van der Waals surface area contributed by atoms with Gasteiger partial charge < -0.3 is 5.32 Å². The number of nitrogens with one attached hydrogen (secondary N) is 1. The van der Waals surface area contributed by atoms with Crippen LogP contribution in [0.15, 0.2) is 0 Å². The van der Waals surface area contributed by atoms with E-state index in [1.807, 2.05) is 0 Å². The summed E-state index contributed by atoms with van der Waals surface area (Å²) in [7, 11) is -3.81. The van der Waals surface area contributed by atoms with Gasteiger partial charge in [-0.2, -0.15) is 5.26 Å². The van der Waals surface area contributed by atoms with Crippen molar-refractivity contribution in [3.05, 3.63) is 0 Å². The number of nitrogens with zero attached hydrogens (tertiary/aromatic N) is 1. The van der Waals surface area contributed by atoms with E-state index in [2.05, 4.69) is 5.32 Å². The molecule has 84 valence electrons. The van der Waals surface area contributed by atoms with Gasteiger partial charge in [-0.1, -0.05) is 0 Å². The maximum atomic E-state index is 11.6. The summed E-state index contributed by atoms with van der Waals surface area (Å²) in [5.74, 6) is -0.556. The molecular formula is C8H13N3O3S. The van der Waals surface area contributed by atoms with Crippen molar-refractivity contribution < 1.29 is 13.2 Å². The second-order valence-corrected chi connectivity index (χ2v) is 5.74. The summed E-state index contributed by atoms with van der Waals surface area (Å²) in [5.41, 5.74) is -1.47. The molecule has 3 N–H and O–H groups in total. The van der Waals surface area contributed by atoms with E-state index in [1.54, 1.807) is 19.9 Å². The second-order valence-electron chi connectivity index (χ2n) is 3.99. The molecule has 6 nitrogen and oxygen atoms in total. The molecule has 2 atom stereocenters. The highest BCUT2D eigenvalue weighted by Crippen LogP contribution is 2.49. The van der Waals surface area contributed by atoms with Crippen LogP contribution in [-0.2, 0) is 14.8 Å². The van der Waals surface area contributed by atoms with E-state index in [9.17, 15) is 13.2 Å². The van der Waals surface area contributed by atoms with Crippen LogP contribution in [0.1, 0.15) is 20.3 Å². The van der Waals surface area contributed by atoms with Gasteiger partial charge in [0.05, 0.1) is 6.07 Å². The SMILES string of the molecule is CC(C)NC(=O)[C@]1(C#N)C[C@H]1S(N)(=O)=O. The molecule has 1 aliphatic rings. The van der Waals surface area contributed by atoms with Crippen LogP contribution in [0.25, 0.3) is 0 Å². The predicted octanol–water partition coefficient (Wildman–Crippen LogP) is -0.918. The molecule has 0 radical (unpaired) electrons. The first kappa shape index (κ1) is 11.9. The van der Waals surface area contributed by atoms with Crippen LogP contribution in [0, 0.1) is 16.7 Å². The number of rotatable bonds is 3. The number of amides is 1. The van der Waals surface area contributed by atoms with E-state index >= 15 is 0 Å². The van der Waals surface area contributed by atoms with E-state index in [-0.39, 0.29) is 12.5 Å². The molecule has 1 amide bonds. The van der Waals surface area contributed by atoms with Crippen molar-refractivity contribution in [1.82, 2.24) is 5.32 Å². The average Bonchev–Trinajstić information content (AvgIpc) is 2.77. The summed E-state index contributed by atoms with van der Waals surface area (Å²) >= 11 is 0. The minimum atomic E-state index is -3.81. The molecule has 0 aromatic rings. The summed E-state index contributed by atoms with van der Waals surface area (Å²) < 4.78 is 22.0. The van der Waals surface area contributed by atoms with Crippen molar-refractivity contribution in [2.75, 3.05) is 0 Å². The Morgan fingerprint density at radius 3 is 2.47 bits per heavy atom. The molecule has 0 aromatic carbocycles. The fourth-order valence-corrected chi connectivity index (χ4v) is 2.64. The molecule has 0 spiro atoms. The third kappa shape index (κ3) is 2.11. The first-order chi connectivity index (χ1) is 6.74. The zero-order valence-corrected chi connectivity index (χ0v) is 9.34. The Kier molecular flexibility index (Phi) is 2.76. The summed E-state index contributed by atoms with van der Waals surface area (Å²) in [5, 5.41) is 15.2. The van der Waals surface area contributed by atoms with Crippen molar-refractivity contribution in [2.45, 2.75) is 31.6 Å². The molecule has 0 aliphatic heterocycles. The Balaban J connectivity index is 2.86. The van der Waals surface area contributed by atoms with E-state index in [0.717, 1.165) is 0 Å². The van der Waals surface area contributed by atoms with Crippen LogP contribution >= 0.6 is 0 Å². The molecule has 1 fully saturated rings. The van der Waals surface area contributed by atoms with Crippen LogP contribution in [-0.4, -0.2) is 25.6 Å². The largest absolute Gasteiger partial charge is 0.353 e. The van der Waals surface area contributed by atoms with E-state index in [4.69, 9.17) is 10.4 Å². The predicted molar refractivity (Wildman–Crippen MR) is 52.8 cm³/mol. The van der Waals surface area contributed by atoms with Crippen molar-refractivity contribution in [2.24, 2.45) is 10.6 Å². The minimum absolute atomic E-state index is 0.0130. The molecule has 0 aromatic heterocycles. The summed E-state index contributed by atoms with van der Waals surface area (Å²) in [4.78, 5) is 11.6. The lowest BCUT2D eigenvalue weighted by Crippen LogP contribution is -2.39. The van der Waals surface area contributed by atoms with Gasteiger partial charge in [0.25, 0.3) is 0 Å². The van der Waals surface area contributed by atoms with Crippen LogP contribution in [0.5, 0.6) is 0 Å². The van der Waals surface area contributed by atoms with Gasteiger partial charge in [0.2, 0.25) is 15.9 Å². The number of primary sulfonamides is 1. The number of carbonyl (C=O) groups is 1. The van der Waals surface area contributed by atoms with Gasteiger partial charge >= 0.3 is 0 Å². The van der Waals surface area contributed by atoms with E-state index in [0.29, 0.717) is 0 Å². The van der Waals surface area contributed by atoms with Crippen molar-refractivity contribution in [3.63, 3.8) is 0 Å². The lowest BCUT2D eigenvalue weighted by molar-refractivity contribution is -0.124. The Bertz CT molecular complexity index is 423. The molecule has 1 aliphatic carbocycles. The summed E-state index contributed by atoms with van der Waals surface area (Å²) in [6, 6.07) is 1.61. The molecule has 0 saturated heterocycles. The fourth-order valence-electron chi connectivity index (χ4n) is 1.43. The molecule has 1 rings (SSSR count). The highest BCUT2D eigenvalue weighted by atomic mass is 32.2. The van der Waals surface area contributed by atoms with Crippen molar-refractivity contribution >= 4 is 15.9 Å². The summed E-state index contributed by atoms with van der Waals surface area (Å²) in [6.07, 6.45) is -0.0130. The first-order valence-electron chi connectivity index (χ1n) is 4.48. The normalized spacial score (nSPS) is 29.7. The van der Waals surface area contributed by atoms with Crippen LogP contribution < -0.4 is 10.5 Å². The Hall–Kier alpha value is -1.13. The number of hydrogen-bond donors (Lipinski definition) is 2. The minimum Gasteiger partial charge on any atom is -0.353 e. The molecule has 7 heteroatoms. The maximum absolute atomic E-state index is 11.6. The van der Waals surface area contributed by atoms with Gasteiger partial charge in [0.15, 0.2) is 5.41 Å². The van der Waals surface area contributed by atoms with Crippen molar-refractivity contribution in [1.29, 1.82) is 5.26 Å². The lowest BCUT2D eigenvalue weighted by atomic mass is 10.1. The second kappa shape index (κ2) is 3.47. The fraction of sp³-hybridized carbons (Fsp3) is 0.750. The third-order valence-corrected chi connectivity index (χ3v) is 3.68. The average molecular weight is 231 g/mol. The first-order valence-corrected chi connectivity index (χ1v) is 6.09. The highest BCUT2D eigenvalue weighted by Gasteiger charge is 2.66. The number of sulfonamides is 1. The highest BCUT2D eigenvalue weighted by molar-refractivity contribution is 7.90. The number of hydrogen-bond acceptors (Lipinski definition) is 4. The van der Waals surface area contributed by atoms with Crippen molar-refractivity contribution in [3.8, 4) is 6.07 Å². The number of carbonyl (C=O) groups excluding carboxylic acids is 1. The van der Waals surface area contributed by atoms with Gasteiger partial charge in [-0.25, -0.2) is 13.6 Å².